The first-order valence-corrected chi connectivity index (χ1v) is 8.97. The predicted octanol–water partition coefficient (Wildman–Crippen LogP) is 2.62. The second kappa shape index (κ2) is 7.40. The van der Waals surface area contributed by atoms with E-state index in [0.717, 1.165) is 23.5 Å². The Kier molecular flexibility index (Phi) is 4.79. The van der Waals surface area contributed by atoms with Crippen LogP contribution in [0.1, 0.15) is 27.3 Å². The third-order valence-corrected chi connectivity index (χ3v) is 4.88. The minimum Gasteiger partial charge on any atom is -0.497 e. The van der Waals surface area contributed by atoms with E-state index in [-0.39, 0.29) is 17.2 Å². The first kappa shape index (κ1) is 18.1. The number of amides is 1. The van der Waals surface area contributed by atoms with Crippen molar-refractivity contribution in [3.05, 3.63) is 64.7 Å². The third kappa shape index (κ3) is 3.22. The summed E-state index contributed by atoms with van der Waals surface area (Å²) >= 11 is 0. The number of hydrogen-bond donors (Lipinski definition) is 2. The van der Waals surface area contributed by atoms with Crippen LogP contribution in [0.15, 0.2) is 36.4 Å². The van der Waals surface area contributed by atoms with Gasteiger partial charge in [-0.1, -0.05) is 11.3 Å². The van der Waals surface area contributed by atoms with Crippen LogP contribution in [0.4, 0.5) is 10.1 Å². The zero-order valence-corrected chi connectivity index (χ0v) is 15.6. The van der Waals surface area contributed by atoms with E-state index in [2.05, 4.69) is 20.9 Å². The Bertz CT molecular complexity index is 1030. The van der Waals surface area contributed by atoms with Crippen molar-refractivity contribution in [3.8, 4) is 11.4 Å². The number of rotatable bonds is 4. The molecule has 28 heavy (non-hydrogen) atoms. The maximum absolute atomic E-state index is 14.8. The minimum absolute atomic E-state index is 0.148. The number of carbonyl (C=O) groups is 1. The molecular weight excluding hydrogens is 361 g/mol. The van der Waals surface area contributed by atoms with Crippen LogP contribution in [0.25, 0.3) is 5.69 Å². The van der Waals surface area contributed by atoms with E-state index in [9.17, 15) is 9.18 Å². The fourth-order valence-corrected chi connectivity index (χ4v) is 3.32. The van der Waals surface area contributed by atoms with Gasteiger partial charge in [-0.15, -0.1) is 5.10 Å². The second-order valence-corrected chi connectivity index (χ2v) is 6.58. The van der Waals surface area contributed by atoms with Crippen LogP contribution in [-0.2, 0) is 13.0 Å². The van der Waals surface area contributed by atoms with Crippen molar-refractivity contribution >= 4 is 11.6 Å². The molecule has 0 fully saturated rings. The summed E-state index contributed by atoms with van der Waals surface area (Å²) in [6.45, 7) is 3.10. The van der Waals surface area contributed by atoms with E-state index in [1.807, 2.05) is 18.2 Å². The number of methoxy groups -OCH3 is 1. The maximum atomic E-state index is 14.8. The SMILES string of the molecule is COc1ccc(-n2nnc(C(=O)Nc3ccc4c(c3F)CCNC4)c2C)cc1. The maximum Gasteiger partial charge on any atom is 0.278 e. The minimum atomic E-state index is -0.495. The lowest BCUT2D eigenvalue weighted by molar-refractivity contribution is 0.102. The Morgan fingerprint density at radius 1 is 1.25 bits per heavy atom. The van der Waals surface area contributed by atoms with Crippen molar-refractivity contribution in [2.24, 2.45) is 0 Å². The lowest BCUT2D eigenvalue weighted by Gasteiger charge is -2.19. The summed E-state index contributed by atoms with van der Waals surface area (Å²) in [5.74, 6) is -0.157. The summed E-state index contributed by atoms with van der Waals surface area (Å²) in [4.78, 5) is 12.7. The van der Waals surface area contributed by atoms with Crippen molar-refractivity contribution in [2.45, 2.75) is 19.9 Å². The number of halogens is 1. The Labute approximate surface area is 161 Å². The molecule has 0 saturated carbocycles. The predicted molar refractivity (Wildman–Crippen MR) is 102 cm³/mol. The number of aromatic nitrogens is 3. The van der Waals surface area contributed by atoms with Gasteiger partial charge in [-0.05, 0) is 61.3 Å². The van der Waals surface area contributed by atoms with Gasteiger partial charge >= 0.3 is 0 Å². The second-order valence-electron chi connectivity index (χ2n) is 6.58. The molecule has 2 N–H and O–H groups in total. The monoisotopic (exact) mass is 381 g/mol. The molecule has 1 aliphatic heterocycles. The molecule has 0 atom stereocenters. The van der Waals surface area contributed by atoms with Gasteiger partial charge in [0.25, 0.3) is 5.91 Å². The molecule has 1 aliphatic rings. The highest BCUT2D eigenvalue weighted by molar-refractivity contribution is 6.03. The van der Waals surface area contributed by atoms with E-state index in [1.54, 1.807) is 36.9 Å². The zero-order valence-electron chi connectivity index (χ0n) is 15.6. The van der Waals surface area contributed by atoms with Crippen LogP contribution in [0.2, 0.25) is 0 Å². The summed E-state index contributed by atoms with van der Waals surface area (Å²) in [7, 11) is 1.59. The Morgan fingerprint density at radius 2 is 2.04 bits per heavy atom. The molecule has 0 saturated heterocycles. The summed E-state index contributed by atoms with van der Waals surface area (Å²) in [6.07, 6.45) is 0.595. The highest BCUT2D eigenvalue weighted by Gasteiger charge is 2.21. The number of anilines is 1. The smallest absolute Gasteiger partial charge is 0.278 e. The number of nitrogens with one attached hydrogen (secondary N) is 2. The number of carbonyl (C=O) groups excluding carboxylic acids is 1. The lowest BCUT2D eigenvalue weighted by atomic mass is 9.99. The zero-order chi connectivity index (χ0) is 19.7. The molecule has 7 nitrogen and oxygen atoms in total. The Hall–Kier alpha value is -3.26. The van der Waals surface area contributed by atoms with Crippen LogP contribution in [0.5, 0.6) is 5.75 Å². The van der Waals surface area contributed by atoms with E-state index in [4.69, 9.17) is 4.74 Å². The summed E-state index contributed by atoms with van der Waals surface area (Å²) in [5, 5.41) is 13.9. The van der Waals surface area contributed by atoms with Crippen LogP contribution in [0, 0.1) is 12.7 Å². The van der Waals surface area contributed by atoms with E-state index >= 15 is 0 Å². The summed E-state index contributed by atoms with van der Waals surface area (Å²) < 4.78 is 21.5. The molecule has 144 valence electrons. The molecule has 2 heterocycles. The van der Waals surface area contributed by atoms with E-state index < -0.39 is 5.91 Å². The molecule has 1 aromatic heterocycles. The van der Waals surface area contributed by atoms with Gasteiger partial charge in [0.05, 0.1) is 24.2 Å². The van der Waals surface area contributed by atoms with Gasteiger partial charge in [-0.25, -0.2) is 9.07 Å². The highest BCUT2D eigenvalue weighted by Crippen LogP contribution is 2.25. The summed E-state index contributed by atoms with van der Waals surface area (Å²) in [5.41, 5.74) is 3.18. The molecule has 0 unspecified atom stereocenters. The molecular formula is C20H20FN5O2. The van der Waals surface area contributed by atoms with Crippen LogP contribution >= 0.6 is 0 Å². The molecule has 0 bridgehead atoms. The van der Waals surface area contributed by atoms with Gasteiger partial charge in [-0.3, -0.25) is 4.79 Å². The fraction of sp³-hybridized carbons (Fsp3) is 0.250. The largest absolute Gasteiger partial charge is 0.497 e. The number of hydrogen-bond acceptors (Lipinski definition) is 5. The molecule has 4 rings (SSSR count). The Morgan fingerprint density at radius 3 is 2.79 bits per heavy atom. The van der Waals surface area contributed by atoms with Crippen molar-refractivity contribution in [1.29, 1.82) is 0 Å². The van der Waals surface area contributed by atoms with Gasteiger partial charge in [0.15, 0.2) is 5.69 Å². The molecule has 0 aliphatic carbocycles. The quantitative estimate of drug-likeness (QED) is 0.726. The van der Waals surface area contributed by atoms with Crippen LogP contribution in [0.3, 0.4) is 0 Å². The third-order valence-electron chi connectivity index (χ3n) is 4.88. The van der Waals surface area contributed by atoms with Gasteiger partial charge in [-0.2, -0.15) is 0 Å². The lowest BCUT2D eigenvalue weighted by Crippen LogP contribution is -2.25. The van der Waals surface area contributed by atoms with Crippen molar-refractivity contribution in [2.75, 3.05) is 19.0 Å². The van der Waals surface area contributed by atoms with Crippen molar-refractivity contribution < 1.29 is 13.9 Å². The van der Waals surface area contributed by atoms with Crippen LogP contribution < -0.4 is 15.4 Å². The standard InChI is InChI=1S/C20H20FN5O2/c1-12-19(24-25-26(12)14-4-6-15(28-2)7-5-14)20(27)23-17-8-3-13-11-22-10-9-16(13)18(17)21/h3-8,22H,9-11H2,1-2H3,(H,23,27). The molecule has 8 heteroatoms. The first-order chi connectivity index (χ1) is 13.6. The molecule has 0 spiro atoms. The van der Waals surface area contributed by atoms with Gasteiger partial charge < -0.3 is 15.4 Å². The van der Waals surface area contributed by atoms with Crippen molar-refractivity contribution in [3.63, 3.8) is 0 Å². The van der Waals surface area contributed by atoms with Gasteiger partial charge in [0, 0.05) is 6.54 Å². The highest BCUT2D eigenvalue weighted by atomic mass is 19.1. The van der Waals surface area contributed by atoms with Crippen LogP contribution in [-0.4, -0.2) is 34.6 Å². The van der Waals surface area contributed by atoms with E-state index in [1.165, 1.54) is 0 Å². The van der Waals surface area contributed by atoms with Crippen molar-refractivity contribution in [1.82, 2.24) is 20.3 Å². The molecule has 1 amide bonds. The molecule has 2 aromatic carbocycles. The Balaban J connectivity index is 1.58. The number of ether oxygens (including phenoxy) is 1. The average Bonchev–Trinajstić information content (AvgIpc) is 3.12. The first-order valence-electron chi connectivity index (χ1n) is 8.97. The topological polar surface area (TPSA) is 81.1 Å². The van der Waals surface area contributed by atoms with Gasteiger partial charge in [0.2, 0.25) is 0 Å². The van der Waals surface area contributed by atoms with Gasteiger partial charge in [0.1, 0.15) is 11.6 Å². The summed E-state index contributed by atoms with van der Waals surface area (Å²) in [6, 6.07) is 10.7. The molecule has 0 radical (unpaired) electrons. The number of benzene rings is 2. The average molecular weight is 381 g/mol. The number of fused-ring (bicyclic) bond motifs is 1. The van der Waals surface area contributed by atoms with E-state index in [0.29, 0.717) is 24.2 Å². The molecule has 3 aromatic rings. The number of nitrogens with zero attached hydrogens (tertiary/aromatic N) is 3. The normalized spacial score (nSPS) is 13.1. The fourth-order valence-electron chi connectivity index (χ4n) is 3.32.